The van der Waals surface area contributed by atoms with Crippen molar-refractivity contribution in [3.05, 3.63) is 135 Å². The lowest BCUT2D eigenvalue weighted by atomic mass is 10.0. The molecule has 2 aromatic heterocycles. The zero-order chi connectivity index (χ0) is 33.1. The maximum absolute atomic E-state index is 12.9. The highest BCUT2D eigenvalue weighted by atomic mass is 35.5. The van der Waals surface area contributed by atoms with E-state index in [1.807, 2.05) is 69.4 Å². The molecule has 12 heteroatoms. The van der Waals surface area contributed by atoms with Crippen LogP contribution in [0.4, 0.5) is 4.39 Å². The molecule has 0 spiro atoms. The van der Waals surface area contributed by atoms with Crippen LogP contribution in [0.15, 0.2) is 101 Å². The van der Waals surface area contributed by atoms with E-state index in [4.69, 9.17) is 11.6 Å². The van der Waals surface area contributed by atoms with Gasteiger partial charge in [0.1, 0.15) is 5.82 Å². The van der Waals surface area contributed by atoms with Gasteiger partial charge in [-0.05, 0) is 66.2 Å². The summed E-state index contributed by atoms with van der Waals surface area (Å²) in [5.74, 6) is 0.372. The highest BCUT2D eigenvalue weighted by molar-refractivity contribution is 7.98. The number of likely N-dealkylation sites (N-methyl/N-ethyl adjacent to an activating group) is 1. The number of hydrogen-bond acceptors (Lipinski definition) is 6. The van der Waals surface area contributed by atoms with E-state index in [2.05, 4.69) is 39.2 Å². The first-order valence-electron chi connectivity index (χ1n) is 14.7. The molecule has 0 aliphatic heterocycles. The molecule has 8 nitrogen and oxygen atoms in total. The molecule has 0 atom stereocenters. The smallest absolute Gasteiger partial charge is 0.277 e. The topological polar surface area (TPSA) is 76.3 Å². The van der Waals surface area contributed by atoms with Gasteiger partial charge in [0.15, 0.2) is 5.16 Å². The van der Waals surface area contributed by atoms with Crippen molar-refractivity contribution < 1.29 is 9.18 Å². The second-order valence-corrected chi connectivity index (χ2v) is 12.5. The molecule has 0 N–H and O–H groups in total. The molecule has 1 amide bonds. The van der Waals surface area contributed by atoms with Gasteiger partial charge in [-0.1, -0.05) is 71.9 Å². The van der Waals surface area contributed by atoms with E-state index < -0.39 is 0 Å². The van der Waals surface area contributed by atoms with Gasteiger partial charge in [0.2, 0.25) is 6.41 Å². The summed E-state index contributed by atoms with van der Waals surface area (Å²) in [6, 6.07) is 22.4. The highest BCUT2D eigenvalue weighted by Gasteiger charge is 2.10. The molecule has 3 aromatic carbocycles. The number of benzene rings is 3. The number of carbonyl (C=O) groups excluding carboxylic acids is 1. The third-order valence-corrected chi connectivity index (χ3v) is 8.42. The molecule has 0 unspecified atom stereocenters. The van der Waals surface area contributed by atoms with Gasteiger partial charge < -0.3 is 14.4 Å². The molecule has 248 valence electrons. The fraction of sp³-hybridized carbons (Fsp3) is 0.257. The molecule has 0 saturated heterocycles. The summed E-state index contributed by atoms with van der Waals surface area (Å²) < 4.78 is 16.5. The number of aromatic nitrogens is 4. The van der Waals surface area contributed by atoms with Crippen LogP contribution >= 0.6 is 35.8 Å². The van der Waals surface area contributed by atoms with Crippen molar-refractivity contribution in [1.29, 1.82) is 0 Å². The Morgan fingerprint density at radius 3 is 2.06 bits per heavy atom. The van der Waals surface area contributed by atoms with E-state index in [0.29, 0.717) is 29.4 Å². The van der Waals surface area contributed by atoms with Gasteiger partial charge in [-0.25, -0.2) is 4.39 Å². The first kappa shape index (κ1) is 37.5. The number of hydrogen-bond donors (Lipinski definition) is 0. The van der Waals surface area contributed by atoms with E-state index >= 15 is 0 Å². The van der Waals surface area contributed by atoms with Crippen LogP contribution in [0.5, 0.6) is 0 Å². The number of nitrogens with zero attached hydrogens (tertiary/aromatic N) is 6. The van der Waals surface area contributed by atoms with E-state index in [-0.39, 0.29) is 23.8 Å². The Hall–Kier alpha value is -3.96. The molecular weight excluding hydrogens is 658 g/mol. The van der Waals surface area contributed by atoms with E-state index in [1.54, 1.807) is 27.9 Å². The van der Waals surface area contributed by atoms with Gasteiger partial charge >= 0.3 is 0 Å². The van der Waals surface area contributed by atoms with Crippen molar-refractivity contribution >= 4 is 42.2 Å². The standard InChI is InChI=1S/C18H21ClN2O.C17H17FN4OS.ClH/c1-20(2)11-12-21(14-22)13-15-3-5-16(6-4-15)17-7-9-18(19)10-8-17;1-21-10-14(7-13-8-19-22(2)9-13)16(23)20-17(21)24-11-12-3-5-15(18)6-4-12;/h3-10,14H,11-13H2,1-2H3;3-6,8-10H,7,11H2,1-2H3;1H. The Labute approximate surface area is 290 Å². The van der Waals surface area contributed by atoms with Crippen LogP contribution < -0.4 is 5.56 Å². The van der Waals surface area contributed by atoms with Gasteiger partial charge in [-0.2, -0.15) is 10.1 Å². The Morgan fingerprint density at radius 2 is 1.49 bits per heavy atom. The van der Waals surface area contributed by atoms with Crippen LogP contribution in [-0.4, -0.2) is 62.7 Å². The Morgan fingerprint density at radius 1 is 0.872 bits per heavy atom. The van der Waals surface area contributed by atoms with Crippen LogP contribution in [0.3, 0.4) is 0 Å². The first-order valence-corrected chi connectivity index (χ1v) is 16.1. The number of carbonyl (C=O) groups is 1. The van der Waals surface area contributed by atoms with Crippen LogP contribution in [-0.2, 0) is 37.6 Å². The van der Waals surface area contributed by atoms with E-state index in [0.717, 1.165) is 52.3 Å². The molecule has 5 aromatic rings. The van der Waals surface area contributed by atoms with E-state index in [9.17, 15) is 14.0 Å². The highest BCUT2D eigenvalue weighted by Crippen LogP contribution is 2.23. The third kappa shape index (κ3) is 12.0. The van der Waals surface area contributed by atoms with Crippen LogP contribution in [0.25, 0.3) is 11.1 Å². The van der Waals surface area contributed by atoms with Crippen molar-refractivity contribution in [2.75, 3.05) is 27.2 Å². The molecule has 2 heterocycles. The molecule has 0 bridgehead atoms. The number of aryl methyl sites for hydroxylation is 2. The summed E-state index contributed by atoms with van der Waals surface area (Å²) in [7, 11) is 7.72. The number of thioether (sulfide) groups is 1. The van der Waals surface area contributed by atoms with Crippen LogP contribution in [0.2, 0.25) is 5.02 Å². The summed E-state index contributed by atoms with van der Waals surface area (Å²) >= 11 is 7.36. The fourth-order valence-corrected chi connectivity index (χ4v) is 5.54. The molecular formula is C35H39Cl2FN6O2S. The molecule has 47 heavy (non-hydrogen) atoms. The molecule has 0 fully saturated rings. The van der Waals surface area contributed by atoms with Crippen molar-refractivity contribution in [1.82, 2.24) is 29.1 Å². The van der Waals surface area contributed by atoms with Crippen LogP contribution in [0, 0.1) is 5.82 Å². The summed E-state index contributed by atoms with van der Waals surface area (Å²) in [4.78, 5) is 31.4. The van der Waals surface area contributed by atoms with Gasteiger partial charge in [0, 0.05) is 68.9 Å². The zero-order valence-electron chi connectivity index (χ0n) is 26.8. The predicted octanol–water partition coefficient (Wildman–Crippen LogP) is 6.48. The lowest BCUT2D eigenvalue weighted by molar-refractivity contribution is -0.118. The number of rotatable bonds is 12. The van der Waals surface area contributed by atoms with Crippen molar-refractivity contribution in [2.24, 2.45) is 14.1 Å². The molecule has 0 saturated carbocycles. The van der Waals surface area contributed by atoms with E-state index in [1.165, 1.54) is 23.9 Å². The monoisotopic (exact) mass is 696 g/mol. The number of halogens is 3. The van der Waals surface area contributed by atoms with Gasteiger partial charge in [0.05, 0.1) is 6.20 Å². The van der Waals surface area contributed by atoms with Gasteiger partial charge in [-0.15, -0.1) is 12.4 Å². The van der Waals surface area contributed by atoms with Crippen molar-refractivity contribution in [2.45, 2.75) is 23.9 Å². The average Bonchev–Trinajstić information content (AvgIpc) is 3.46. The van der Waals surface area contributed by atoms with Gasteiger partial charge in [0.25, 0.3) is 5.56 Å². The molecule has 0 aliphatic carbocycles. The first-order chi connectivity index (χ1) is 22.1. The van der Waals surface area contributed by atoms with Gasteiger partial charge in [-0.3, -0.25) is 14.3 Å². The fourth-order valence-electron chi connectivity index (χ4n) is 4.53. The average molecular weight is 698 g/mol. The summed E-state index contributed by atoms with van der Waals surface area (Å²) in [5, 5.41) is 5.49. The maximum atomic E-state index is 12.9. The minimum atomic E-state index is -0.256. The summed E-state index contributed by atoms with van der Waals surface area (Å²) in [6.45, 7) is 2.23. The minimum Gasteiger partial charge on any atom is -0.340 e. The zero-order valence-corrected chi connectivity index (χ0v) is 29.2. The summed E-state index contributed by atoms with van der Waals surface area (Å²) in [5.41, 5.74) is 5.78. The largest absolute Gasteiger partial charge is 0.340 e. The lowest BCUT2D eigenvalue weighted by Crippen LogP contribution is -2.30. The van der Waals surface area contributed by atoms with Crippen LogP contribution in [0.1, 0.15) is 22.3 Å². The predicted molar refractivity (Wildman–Crippen MR) is 191 cm³/mol. The quantitative estimate of drug-likeness (QED) is 0.0844. The molecule has 0 aliphatic rings. The normalized spacial score (nSPS) is 10.6. The van der Waals surface area contributed by atoms with Crippen molar-refractivity contribution in [3.63, 3.8) is 0 Å². The molecule has 5 rings (SSSR count). The summed E-state index contributed by atoms with van der Waals surface area (Å²) in [6.07, 6.45) is 6.87. The molecule has 0 radical (unpaired) electrons. The lowest BCUT2D eigenvalue weighted by Gasteiger charge is -2.20. The Bertz CT molecular complexity index is 1760. The van der Waals surface area contributed by atoms with Crippen molar-refractivity contribution in [3.8, 4) is 11.1 Å². The Balaban J connectivity index is 0.000000251. The second-order valence-electron chi connectivity index (χ2n) is 11.2. The second kappa shape index (κ2) is 18.4. The Kier molecular flexibility index (Phi) is 14.7. The maximum Gasteiger partial charge on any atom is 0.277 e. The number of amides is 1. The minimum absolute atomic E-state index is 0. The third-order valence-electron chi connectivity index (χ3n) is 7.06. The SMILES string of the molecule is CN(C)CCN(C=O)Cc1ccc(-c2ccc(Cl)cc2)cc1.Cl.Cn1cc(Cc2cn(C)c(SCc3ccc(F)cc3)nc2=O)cn1.